The third-order valence-corrected chi connectivity index (χ3v) is 4.22. The van der Waals surface area contributed by atoms with E-state index >= 15 is 0 Å². The first kappa shape index (κ1) is 22.4. The lowest BCUT2D eigenvalue weighted by molar-refractivity contribution is -0.146. The Morgan fingerprint density at radius 1 is 0.565 bits per heavy atom. The summed E-state index contributed by atoms with van der Waals surface area (Å²) in [6.07, 6.45) is 13.4. The fourth-order valence-corrected chi connectivity index (χ4v) is 2.73. The molecule has 0 aromatic heterocycles. The minimum atomic E-state index is -1.19. The predicted molar refractivity (Wildman–Crippen MR) is 91.1 cm³/mol. The van der Waals surface area contributed by atoms with E-state index in [4.69, 9.17) is 20.4 Å². The lowest BCUT2D eigenvalue weighted by atomic mass is 10.0. The van der Waals surface area contributed by atoms with Crippen molar-refractivity contribution in [3.63, 3.8) is 0 Å². The summed E-state index contributed by atoms with van der Waals surface area (Å²) in [5, 5.41) is 35.1. The lowest BCUT2D eigenvalue weighted by Gasteiger charge is -2.05. The molecule has 0 heterocycles. The van der Waals surface area contributed by atoms with E-state index in [1.165, 1.54) is 51.4 Å². The summed E-state index contributed by atoms with van der Waals surface area (Å²) >= 11 is 0. The van der Waals surface area contributed by atoms with Crippen molar-refractivity contribution in [3.05, 3.63) is 0 Å². The molecule has 0 spiro atoms. The van der Waals surface area contributed by atoms with Crippen LogP contribution in [0.25, 0.3) is 0 Å². The molecule has 0 rings (SSSR count). The highest BCUT2D eigenvalue weighted by molar-refractivity contribution is 5.71. The number of aliphatic hydroxyl groups is 3. The second-order valence-corrected chi connectivity index (χ2v) is 6.51. The molecule has 0 fully saturated rings. The Hall–Kier alpha value is -0.650. The molecule has 138 valence electrons. The highest BCUT2D eigenvalue weighted by Gasteiger charge is 2.11. The Morgan fingerprint density at radius 3 is 1.17 bits per heavy atom. The van der Waals surface area contributed by atoms with E-state index in [0.717, 1.165) is 32.1 Å². The first-order valence-electron chi connectivity index (χ1n) is 9.31. The fraction of sp³-hybridized carbons (Fsp3) is 0.944. The second-order valence-electron chi connectivity index (χ2n) is 6.51. The van der Waals surface area contributed by atoms with Gasteiger partial charge in [0.15, 0.2) is 12.4 Å². The van der Waals surface area contributed by atoms with Crippen molar-refractivity contribution in [1.82, 2.24) is 0 Å². The van der Waals surface area contributed by atoms with E-state index in [9.17, 15) is 4.79 Å². The Bertz CT molecular complexity index is 268. The van der Waals surface area contributed by atoms with E-state index in [1.807, 2.05) is 0 Å². The highest BCUT2D eigenvalue weighted by atomic mass is 16.5. The zero-order valence-corrected chi connectivity index (χ0v) is 14.5. The molecule has 1 unspecified atom stereocenters. The van der Waals surface area contributed by atoms with Gasteiger partial charge in [0.2, 0.25) is 0 Å². The largest absolute Gasteiger partial charge is 0.479 e. The predicted octanol–water partition coefficient (Wildman–Crippen LogP) is 3.59. The topological polar surface area (TPSA) is 98.0 Å². The van der Waals surface area contributed by atoms with Gasteiger partial charge in [-0.25, -0.2) is 4.79 Å². The summed E-state index contributed by atoms with van der Waals surface area (Å²) in [5.41, 5.74) is 0. The number of rotatable bonds is 17. The molecule has 5 nitrogen and oxygen atoms in total. The maximum absolute atomic E-state index is 10.4. The van der Waals surface area contributed by atoms with Gasteiger partial charge < -0.3 is 20.4 Å². The normalized spacial score (nSPS) is 12.7. The summed E-state index contributed by atoms with van der Waals surface area (Å²) in [5.74, 6) is -1.11. The average molecular weight is 332 g/mol. The van der Waals surface area contributed by atoms with Crippen LogP contribution in [0.4, 0.5) is 0 Å². The van der Waals surface area contributed by atoms with Gasteiger partial charge >= 0.3 is 5.97 Å². The molecule has 0 aliphatic heterocycles. The summed E-state index contributed by atoms with van der Waals surface area (Å²) in [6.45, 7) is 0. The van der Waals surface area contributed by atoms with Crippen molar-refractivity contribution in [1.29, 1.82) is 0 Å². The first-order valence-corrected chi connectivity index (χ1v) is 9.31. The maximum atomic E-state index is 10.4. The van der Waals surface area contributed by atoms with Crippen molar-refractivity contribution >= 4 is 5.97 Å². The van der Waals surface area contributed by atoms with Crippen LogP contribution in [0.15, 0.2) is 0 Å². The molecule has 0 saturated carbocycles. The fourth-order valence-electron chi connectivity index (χ4n) is 2.73. The van der Waals surface area contributed by atoms with Gasteiger partial charge in [-0.05, 0) is 19.3 Å². The number of carboxylic acid groups (broad SMARTS) is 1. The molecule has 0 aromatic carbocycles. The van der Waals surface area contributed by atoms with Crippen LogP contribution in [0.2, 0.25) is 0 Å². The van der Waals surface area contributed by atoms with E-state index in [0.29, 0.717) is 12.8 Å². The highest BCUT2D eigenvalue weighted by Crippen LogP contribution is 2.14. The van der Waals surface area contributed by atoms with Crippen LogP contribution in [-0.2, 0) is 4.79 Å². The van der Waals surface area contributed by atoms with Gasteiger partial charge in [-0.3, -0.25) is 0 Å². The zero-order chi connectivity index (χ0) is 17.3. The molecule has 0 aliphatic rings. The summed E-state index contributed by atoms with van der Waals surface area (Å²) in [6, 6.07) is 0. The van der Waals surface area contributed by atoms with Crippen molar-refractivity contribution in [2.75, 3.05) is 0 Å². The monoisotopic (exact) mass is 332 g/mol. The first-order chi connectivity index (χ1) is 11.0. The zero-order valence-electron chi connectivity index (χ0n) is 14.5. The SMILES string of the molecule is O=C(O)C(O)CCCCCCCCCCCCCCCC(O)O. The van der Waals surface area contributed by atoms with Crippen LogP contribution in [0.5, 0.6) is 0 Å². The minimum Gasteiger partial charge on any atom is -0.479 e. The van der Waals surface area contributed by atoms with Gasteiger partial charge in [-0.2, -0.15) is 0 Å². The van der Waals surface area contributed by atoms with Gasteiger partial charge in [-0.15, -0.1) is 0 Å². The van der Waals surface area contributed by atoms with Gasteiger partial charge in [-0.1, -0.05) is 77.0 Å². The van der Waals surface area contributed by atoms with Gasteiger partial charge in [0.1, 0.15) is 0 Å². The maximum Gasteiger partial charge on any atom is 0.332 e. The van der Waals surface area contributed by atoms with Crippen LogP contribution in [-0.4, -0.2) is 38.8 Å². The number of hydrogen-bond acceptors (Lipinski definition) is 4. The quantitative estimate of drug-likeness (QED) is 0.241. The molecule has 0 aromatic rings. The number of carbonyl (C=O) groups is 1. The van der Waals surface area contributed by atoms with E-state index in [-0.39, 0.29) is 0 Å². The third-order valence-electron chi connectivity index (χ3n) is 4.22. The number of aliphatic carboxylic acids is 1. The summed E-state index contributed by atoms with van der Waals surface area (Å²) in [7, 11) is 0. The third kappa shape index (κ3) is 17.5. The van der Waals surface area contributed by atoms with Gasteiger partial charge in [0.25, 0.3) is 0 Å². The Balaban J connectivity index is 3.07. The Kier molecular flexibility index (Phi) is 15.8. The van der Waals surface area contributed by atoms with Crippen molar-refractivity contribution < 1.29 is 25.2 Å². The van der Waals surface area contributed by atoms with E-state index in [2.05, 4.69) is 0 Å². The van der Waals surface area contributed by atoms with Crippen LogP contribution < -0.4 is 0 Å². The average Bonchev–Trinajstić information content (AvgIpc) is 2.50. The molecule has 23 heavy (non-hydrogen) atoms. The Labute approximate surface area is 140 Å². The van der Waals surface area contributed by atoms with Crippen molar-refractivity contribution in [2.24, 2.45) is 0 Å². The number of carboxylic acids is 1. The molecule has 4 N–H and O–H groups in total. The minimum absolute atomic E-state index is 0.368. The van der Waals surface area contributed by atoms with Gasteiger partial charge in [0.05, 0.1) is 0 Å². The van der Waals surface area contributed by atoms with Crippen LogP contribution in [0, 0.1) is 0 Å². The van der Waals surface area contributed by atoms with Crippen molar-refractivity contribution in [3.8, 4) is 0 Å². The van der Waals surface area contributed by atoms with Crippen molar-refractivity contribution in [2.45, 2.75) is 109 Å². The molecule has 0 radical (unpaired) electrons. The van der Waals surface area contributed by atoms with Crippen LogP contribution in [0.1, 0.15) is 96.3 Å². The molecule has 0 bridgehead atoms. The summed E-state index contributed by atoms with van der Waals surface area (Å²) in [4.78, 5) is 10.4. The van der Waals surface area contributed by atoms with Crippen LogP contribution >= 0.6 is 0 Å². The Morgan fingerprint density at radius 2 is 0.870 bits per heavy atom. The van der Waals surface area contributed by atoms with Crippen LogP contribution in [0.3, 0.4) is 0 Å². The number of aliphatic hydroxyl groups excluding tert-OH is 2. The molecular formula is C18H36O5. The van der Waals surface area contributed by atoms with E-state index in [1.54, 1.807) is 0 Å². The lowest BCUT2D eigenvalue weighted by Crippen LogP contribution is -2.18. The standard InChI is InChI=1S/C18H36O5/c19-16(18(22)23)14-12-10-8-6-4-2-1-3-5-7-9-11-13-15-17(20)21/h16-17,19-21H,1-15H2,(H,22,23). The molecular weight excluding hydrogens is 296 g/mol. The molecule has 0 saturated heterocycles. The molecule has 1 atom stereocenters. The second kappa shape index (κ2) is 16.2. The molecule has 5 heteroatoms. The molecule has 0 aliphatic carbocycles. The molecule has 0 amide bonds. The number of unbranched alkanes of at least 4 members (excludes halogenated alkanes) is 12. The summed E-state index contributed by atoms with van der Waals surface area (Å²) < 4.78 is 0. The number of hydrogen-bond donors (Lipinski definition) is 4. The van der Waals surface area contributed by atoms with Gasteiger partial charge in [0, 0.05) is 0 Å². The van der Waals surface area contributed by atoms with E-state index < -0.39 is 18.4 Å². The smallest absolute Gasteiger partial charge is 0.332 e.